The second kappa shape index (κ2) is 14.9. The Morgan fingerprint density at radius 3 is 1.42 bits per heavy atom. The summed E-state index contributed by atoms with van der Waals surface area (Å²) in [6.45, 7) is 10.9. The third-order valence-corrected chi connectivity index (χ3v) is 10.9. The summed E-state index contributed by atoms with van der Waals surface area (Å²) in [5, 5.41) is 5.15. The van der Waals surface area contributed by atoms with Crippen LogP contribution in [0.3, 0.4) is 0 Å². The molecule has 0 saturated carbocycles. The largest absolute Gasteiger partial charge is 0.381 e. The van der Waals surface area contributed by atoms with Gasteiger partial charge in [0.2, 0.25) is 0 Å². The predicted molar refractivity (Wildman–Crippen MR) is 197 cm³/mol. The van der Waals surface area contributed by atoms with E-state index in [9.17, 15) is 0 Å². The van der Waals surface area contributed by atoms with Gasteiger partial charge in [0.05, 0.1) is 46.2 Å². The molecule has 2 saturated heterocycles. The first kappa shape index (κ1) is 33.0. The standard InChI is InChI=1S/C44H50O4/c1-3-43(29-47-30-43)27-45-25-11-5-6-12-33-17-21-35(22-18-33)41-37-13-7-9-15-39(37)42(40-16-10-8-14-38(40)41)36-23-19-34(20-24-36)26-46-28-44(4-2)31-48-32-44/h7-10,13-24H,3-6,11-12,25-32H2,1-2H3. The van der Waals surface area contributed by atoms with Crippen LogP contribution in [0.25, 0.3) is 43.8 Å². The zero-order chi connectivity index (χ0) is 32.8. The van der Waals surface area contributed by atoms with Crippen LogP contribution >= 0.6 is 0 Å². The highest BCUT2D eigenvalue weighted by atomic mass is 16.5. The van der Waals surface area contributed by atoms with E-state index in [4.69, 9.17) is 18.9 Å². The highest BCUT2D eigenvalue weighted by molar-refractivity contribution is 6.21. The Morgan fingerprint density at radius 1 is 0.521 bits per heavy atom. The van der Waals surface area contributed by atoms with Gasteiger partial charge in [0.1, 0.15) is 0 Å². The molecular formula is C44H50O4. The Bertz CT molecular complexity index is 1730. The molecule has 5 aromatic rings. The topological polar surface area (TPSA) is 36.9 Å². The van der Waals surface area contributed by atoms with Crippen molar-refractivity contribution in [2.24, 2.45) is 10.8 Å². The van der Waals surface area contributed by atoms with Crippen molar-refractivity contribution in [2.45, 2.75) is 59.0 Å². The quantitative estimate of drug-likeness (QED) is 0.0793. The lowest BCUT2D eigenvalue weighted by molar-refractivity contribution is -0.152. The summed E-state index contributed by atoms with van der Waals surface area (Å²) >= 11 is 0. The van der Waals surface area contributed by atoms with Gasteiger partial charge >= 0.3 is 0 Å². The van der Waals surface area contributed by atoms with Gasteiger partial charge in [-0.1, -0.05) is 117 Å². The van der Waals surface area contributed by atoms with E-state index in [1.165, 1.54) is 67.8 Å². The highest BCUT2D eigenvalue weighted by Gasteiger charge is 2.37. The van der Waals surface area contributed by atoms with Gasteiger partial charge in [-0.05, 0) is 87.0 Å². The van der Waals surface area contributed by atoms with Crippen molar-refractivity contribution >= 4 is 21.5 Å². The maximum Gasteiger partial charge on any atom is 0.0717 e. The highest BCUT2D eigenvalue weighted by Crippen LogP contribution is 2.43. The minimum atomic E-state index is 0.208. The molecule has 0 atom stereocenters. The molecule has 0 spiro atoms. The van der Waals surface area contributed by atoms with Crippen LogP contribution in [0.1, 0.15) is 57.1 Å². The molecule has 2 aliphatic rings. The van der Waals surface area contributed by atoms with Crippen LogP contribution in [0, 0.1) is 10.8 Å². The van der Waals surface area contributed by atoms with Crippen molar-refractivity contribution in [3.05, 3.63) is 108 Å². The molecule has 4 nitrogen and oxygen atoms in total. The normalized spacial score (nSPS) is 16.5. The van der Waals surface area contributed by atoms with Gasteiger partial charge in [-0.25, -0.2) is 0 Å². The first-order valence-electron chi connectivity index (χ1n) is 18.1. The number of aryl methyl sites for hydroxylation is 1. The van der Waals surface area contributed by atoms with Crippen molar-refractivity contribution in [1.82, 2.24) is 0 Å². The van der Waals surface area contributed by atoms with E-state index in [-0.39, 0.29) is 10.8 Å². The third kappa shape index (κ3) is 6.95. The van der Waals surface area contributed by atoms with Crippen LogP contribution in [0.15, 0.2) is 97.1 Å². The lowest BCUT2D eigenvalue weighted by Crippen LogP contribution is -2.45. The summed E-state index contributed by atoms with van der Waals surface area (Å²) in [4.78, 5) is 0. The molecule has 4 heteroatoms. The minimum Gasteiger partial charge on any atom is -0.381 e. The second-order valence-electron chi connectivity index (χ2n) is 14.3. The fourth-order valence-electron chi connectivity index (χ4n) is 7.30. The van der Waals surface area contributed by atoms with Crippen LogP contribution in [0.2, 0.25) is 0 Å². The van der Waals surface area contributed by atoms with Crippen LogP contribution in [-0.4, -0.2) is 46.2 Å². The van der Waals surface area contributed by atoms with Gasteiger partial charge in [-0.2, -0.15) is 0 Å². The fourth-order valence-corrected chi connectivity index (χ4v) is 7.30. The van der Waals surface area contributed by atoms with Gasteiger partial charge in [0.15, 0.2) is 0 Å². The van der Waals surface area contributed by atoms with Crippen molar-refractivity contribution in [3.8, 4) is 22.3 Å². The number of unbranched alkanes of at least 4 members (excludes halogenated alkanes) is 2. The van der Waals surface area contributed by atoms with Gasteiger partial charge in [0.25, 0.3) is 0 Å². The molecule has 48 heavy (non-hydrogen) atoms. The average molecular weight is 643 g/mol. The fraction of sp³-hybridized carbons (Fsp3) is 0.409. The maximum absolute atomic E-state index is 6.15. The Labute approximate surface area is 286 Å². The number of fused-ring (bicyclic) bond motifs is 2. The lowest BCUT2D eigenvalue weighted by Gasteiger charge is -2.40. The van der Waals surface area contributed by atoms with E-state index in [1.54, 1.807) is 0 Å². The van der Waals surface area contributed by atoms with Crippen molar-refractivity contribution < 1.29 is 18.9 Å². The summed E-state index contributed by atoms with van der Waals surface area (Å²) in [5.74, 6) is 0. The SMILES string of the molecule is CCC1(COCCCCCc2ccc(-c3c4ccccc4c(-c4ccc(COCC5(CC)COC5)cc4)c4ccccc34)cc2)COC1. The van der Waals surface area contributed by atoms with E-state index in [2.05, 4.69) is 111 Å². The average Bonchev–Trinajstić information content (AvgIpc) is 3.09. The second-order valence-corrected chi connectivity index (χ2v) is 14.3. The zero-order valence-corrected chi connectivity index (χ0v) is 28.8. The van der Waals surface area contributed by atoms with E-state index < -0.39 is 0 Å². The first-order valence-corrected chi connectivity index (χ1v) is 18.1. The maximum atomic E-state index is 6.15. The predicted octanol–water partition coefficient (Wildman–Crippen LogP) is 10.4. The van der Waals surface area contributed by atoms with Crippen LogP contribution in [0.4, 0.5) is 0 Å². The lowest BCUT2D eigenvalue weighted by atomic mass is 9.84. The molecule has 0 aromatic heterocycles. The minimum absolute atomic E-state index is 0.208. The molecular weight excluding hydrogens is 592 g/mol. The van der Waals surface area contributed by atoms with E-state index in [1.807, 2.05) is 0 Å². The molecule has 0 amide bonds. The number of hydrogen-bond acceptors (Lipinski definition) is 4. The van der Waals surface area contributed by atoms with E-state index in [0.29, 0.717) is 6.61 Å². The number of ether oxygens (including phenoxy) is 4. The number of rotatable bonds is 16. The molecule has 0 unspecified atom stereocenters. The molecule has 250 valence electrons. The molecule has 0 bridgehead atoms. The van der Waals surface area contributed by atoms with Gasteiger partial charge in [0, 0.05) is 17.4 Å². The molecule has 2 heterocycles. The Balaban J connectivity index is 1.05. The number of hydrogen-bond donors (Lipinski definition) is 0. The van der Waals surface area contributed by atoms with Crippen LogP contribution in [0.5, 0.6) is 0 Å². The van der Waals surface area contributed by atoms with Gasteiger partial charge in [-0.15, -0.1) is 0 Å². The summed E-state index contributed by atoms with van der Waals surface area (Å²) < 4.78 is 23.0. The van der Waals surface area contributed by atoms with Crippen molar-refractivity contribution in [2.75, 3.05) is 46.2 Å². The smallest absolute Gasteiger partial charge is 0.0717 e. The molecule has 2 aliphatic heterocycles. The van der Waals surface area contributed by atoms with Crippen molar-refractivity contribution in [3.63, 3.8) is 0 Å². The van der Waals surface area contributed by atoms with Gasteiger partial charge < -0.3 is 18.9 Å². The molecule has 7 rings (SSSR count). The first-order chi connectivity index (χ1) is 23.6. The summed E-state index contributed by atoms with van der Waals surface area (Å²) in [7, 11) is 0. The molecule has 0 N–H and O–H groups in total. The van der Waals surface area contributed by atoms with E-state index in [0.717, 1.165) is 71.9 Å². The van der Waals surface area contributed by atoms with Gasteiger partial charge in [-0.3, -0.25) is 0 Å². The Kier molecular flexibility index (Phi) is 10.3. The summed E-state index contributed by atoms with van der Waals surface area (Å²) in [5.41, 5.74) is 8.20. The molecule has 2 fully saturated rings. The van der Waals surface area contributed by atoms with E-state index >= 15 is 0 Å². The number of benzene rings is 5. The third-order valence-electron chi connectivity index (χ3n) is 10.9. The molecule has 0 radical (unpaired) electrons. The molecule has 0 aliphatic carbocycles. The monoisotopic (exact) mass is 642 g/mol. The summed E-state index contributed by atoms with van der Waals surface area (Å²) in [6, 6.07) is 36.1. The molecule has 5 aromatic carbocycles. The van der Waals surface area contributed by atoms with Crippen LogP contribution < -0.4 is 0 Å². The Morgan fingerprint density at radius 2 is 0.979 bits per heavy atom. The Hall–Kier alpha value is -3.54. The summed E-state index contributed by atoms with van der Waals surface area (Å²) in [6.07, 6.45) is 6.83. The van der Waals surface area contributed by atoms with Crippen molar-refractivity contribution in [1.29, 1.82) is 0 Å². The van der Waals surface area contributed by atoms with Crippen LogP contribution in [-0.2, 0) is 32.0 Å². The zero-order valence-electron chi connectivity index (χ0n) is 28.8.